The monoisotopic (exact) mass is 354 g/mol. The molecular formula is C20H30N6. The average molecular weight is 355 g/mol. The topological polar surface area (TPSA) is 81.5 Å². The molecule has 0 unspecified atom stereocenters. The van der Waals surface area contributed by atoms with Crippen molar-refractivity contribution in [3.63, 3.8) is 0 Å². The number of aromatic nitrogens is 3. The lowest BCUT2D eigenvalue weighted by molar-refractivity contribution is 0.541. The van der Waals surface area contributed by atoms with Crippen molar-refractivity contribution in [2.45, 2.75) is 58.9 Å². The van der Waals surface area contributed by atoms with Crippen molar-refractivity contribution in [2.75, 3.05) is 6.54 Å². The zero-order valence-corrected chi connectivity index (χ0v) is 15.9. The Morgan fingerprint density at radius 1 is 1.08 bits per heavy atom. The molecule has 1 heterocycles. The maximum Gasteiger partial charge on any atom is 0.0796 e. The first-order chi connectivity index (χ1) is 12.7. The summed E-state index contributed by atoms with van der Waals surface area (Å²) < 4.78 is 1.92. The van der Waals surface area contributed by atoms with E-state index in [-0.39, 0.29) is 0 Å². The lowest BCUT2D eigenvalue weighted by Gasteiger charge is -2.05. The van der Waals surface area contributed by atoms with E-state index in [1.165, 1.54) is 17.5 Å². The van der Waals surface area contributed by atoms with Crippen molar-refractivity contribution in [2.24, 2.45) is 15.9 Å². The summed E-state index contributed by atoms with van der Waals surface area (Å²) in [4.78, 5) is 4.31. The van der Waals surface area contributed by atoms with Crippen molar-refractivity contribution in [3.8, 4) is 0 Å². The Labute approximate surface area is 156 Å². The molecule has 0 saturated carbocycles. The molecule has 0 fully saturated rings. The molecule has 6 nitrogen and oxygen atoms in total. The standard InChI is InChI=1S/C20H30N6/c1-17(23-21)15-22-13-5-3-7-19-9-11-20(12-10-19)8-4-6-14-26-16-18(2)24-25-26/h9-12,15-16H,3-8,13-14,21H2,1-2H3. The van der Waals surface area contributed by atoms with Crippen molar-refractivity contribution in [1.29, 1.82) is 0 Å². The van der Waals surface area contributed by atoms with E-state index in [4.69, 9.17) is 5.84 Å². The Morgan fingerprint density at radius 3 is 2.31 bits per heavy atom. The Morgan fingerprint density at radius 2 is 1.73 bits per heavy atom. The fourth-order valence-electron chi connectivity index (χ4n) is 2.74. The van der Waals surface area contributed by atoms with Crippen LogP contribution in [0.2, 0.25) is 0 Å². The van der Waals surface area contributed by atoms with Gasteiger partial charge in [0.2, 0.25) is 0 Å². The third-order valence-electron chi connectivity index (χ3n) is 4.26. The summed E-state index contributed by atoms with van der Waals surface area (Å²) in [5.41, 5.74) is 4.55. The maximum absolute atomic E-state index is 5.16. The van der Waals surface area contributed by atoms with Gasteiger partial charge in [-0.1, -0.05) is 29.5 Å². The first-order valence-corrected chi connectivity index (χ1v) is 9.36. The second kappa shape index (κ2) is 11.2. The van der Waals surface area contributed by atoms with Crippen LogP contribution < -0.4 is 5.84 Å². The predicted octanol–water partition coefficient (Wildman–Crippen LogP) is 3.34. The Kier molecular flexibility index (Phi) is 8.52. The summed E-state index contributed by atoms with van der Waals surface area (Å²) in [6.45, 7) is 5.59. The Hall–Kier alpha value is -2.50. The number of rotatable bonds is 11. The first kappa shape index (κ1) is 19.8. The lowest BCUT2D eigenvalue weighted by atomic mass is 10.0. The van der Waals surface area contributed by atoms with Crippen molar-refractivity contribution in [1.82, 2.24) is 15.0 Å². The number of unbranched alkanes of at least 4 members (excludes halogenated alkanes) is 2. The van der Waals surface area contributed by atoms with Crippen LogP contribution in [-0.2, 0) is 19.4 Å². The highest BCUT2D eigenvalue weighted by Gasteiger charge is 1.98. The van der Waals surface area contributed by atoms with Gasteiger partial charge >= 0.3 is 0 Å². The Balaban J connectivity index is 1.59. The number of hydrogen-bond donors (Lipinski definition) is 1. The van der Waals surface area contributed by atoms with Crippen LogP contribution in [-0.4, -0.2) is 33.5 Å². The van der Waals surface area contributed by atoms with Gasteiger partial charge in [0.1, 0.15) is 0 Å². The summed E-state index contributed by atoms with van der Waals surface area (Å²) >= 11 is 0. The van der Waals surface area contributed by atoms with Crippen LogP contribution in [0.25, 0.3) is 0 Å². The van der Waals surface area contributed by atoms with Gasteiger partial charge < -0.3 is 5.84 Å². The van der Waals surface area contributed by atoms with Gasteiger partial charge in [-0.05, 0) is 63.5 Å². The number of hydrazone groups is 1. The average Bonchev–Trinajstić information content (AvgIpc) is 3.07. The van der Waals surface area contributed by atoms with E-state index < -0.39 is 0 Å². The first-order valence-electron chi connectivity index (χ1n) is 9.36. The molecule has 2 N–H and O–H groups in total. The quantitative estimate of drug-likeness (QED) is 0.291. The molecule has 26 heavy (non-hydrogen) atoms. The highest BCUT2D eigenvalue weighted by Crippen LogP contribution is 2.11. The van der Waals surface area contributed by atoms with Crippen LogP contribution in [0.3, 0.4) is 0 Å². The highest BCUT2D eigenvalue weighted by molar-refractivity contribution is 6.29. The molecule has 0 aliphatic heterocycles. The van der Waals surface area contributed by atoms with Gasteiger partial charge in [-0.2, -0.15) is 5.10 Å². The number of benzene rings is 1. The van der Waals surface area contributed by atoms with Gasteiger partial charge in [0.25, 0.3) is 0 Å². The smallest absolute Gasteiger partial charge is 0.0796 e. The minimum absolute atomic E-state index is 0.761. The second-order valence-electron chi connectivity index (χ2n) is 6.66. The molecule has 1 aromatic carbocycles. The Bertz CT molecular complexity index is 699. The van der Waals surface area contributed by atoms with E-state index in [2.05, 4.69) is 44.7 Å². The third-order valence-corrected chi connectivity index (χ3v) is 4.26. The summed E-state index contributed by atoms with van der Waals surface area (Å²) in [6, 6.07) is 9.03. The number of nitrogens with zero attached hydrogens (tertiary/aromatic N) is 5. The molecule has 0 atom stereocenters. The third kappa shape index (κ3) is 7.59. The van der Waals surface area contributed by atoms with Crippen molar-refractivity contribution in [3.05, 3.63) is 47.3 Å². The molecule has 2 aromatic rings. The van der Waals surface area contributed by atoms with Gasteiger partial charge in [-0.25, -0.2) is 0 Å². The van der Waals surface area contributed by atoms with Crippen LogP contribution in [0.15, 0.2) is 40.6 Å². The number of aryl methyl sites for hydroxylation is 4. The molecule has 0 bridgehead atoms. The molecule has 0 radical (unpaired) electrons. The van der Waals surface area contributed by atoms with E-state index in [0.717, 1.165) is 56.6 Å². The van der Waals surface area contributed by atoms with Gasteiger partial charge in [-0.15, -0.1) is 5.10 Å². The molecule has 0 amide bonds. The van der Waals surface area contributed by atoms with Crippen molar-refractivity contribution < 1.29 is 0 Å². The van der Waals surface area contributed by atoms with E-state index in [0.29, 0.717) is 0 Å². The molecular weight excluding hydrogens is 324 g/mol. The lowest BCUT2D eigenvalue weighted by Crippen LogP contribution is -1.99. The van der Waals surface area contributed by atoms with Crippen LogP contribution in [0.1, 0.15) is 49.4 Å². The predicted molar refractivity (Wildman–Crippen MR) is 108 cm³/mol. The molecule has 0 aliphatic carbocycles. The van der Waals surface area contributed by atoms with Crippen LogP contribution in [0, 0.1) is 6.92 Å². The summed E-state index contributed by atoms with van der Waals surface area (Å²) in [6.07, 6.45) is 10.5. The largest absolute Gasteiger partial charge is 0.323 e. The molecule has 0 aliphatic rings. The molecule has 0 saturated heterocycles. The van der Waals surface area contributed by atoms with Crippen molar-refractivity contribution >= 4 is 11.9 Å². The number of aliphatic imine (C=N–C) groups is 1. The summed E-state index contributed by atoms with van der Waals surface area (Å²) in [5, 5.41) is 11.7. The van der Waals surface area contributed by atoms with Crippen LogP contribution >= 0.6 is 0 Å². The molecule has 2 rings (SSSR count). The van der Waals surface area contributed by atoms with Crippen LogP contribution in [0.5, 0.6) is 0 Å². The normalized spacial score (nSPS) is 12.2. The van der Waals surface area contributed by atoms with Gasteiger partial charge in [0.05, 0.1) is 11.4 Å². The van der Waals surface area contributed by atoms with Crippen LogP contribution in [0.4, 0.5) is 0 Å². The minimum Gasteiger partial charge on any atom is -0.323 e. The molecule has 6 heteroatoms. The SMILES string of the molecule is CC(C=NCCCCc1ccc(CCCCn2cc(C)nn2)cc1)=NN. The minimum atomic E-state index is 0.761. The summed E-state index contributed by atoms with van der Waals surface area (Å²) in [5.74, 6) is 5.16. The highest BCUT2D eigenvalue weighted by atomic mass is 15.4. The van der Waals surface area contributed by atoms with E-state index >= 15 is 0 Å². The van der Waals surface area contributed by atoms with Gasteiger partial charge in [-0.3, -0.25) is 9.67 Å². The molecule has 140 valence electrons. The molecule has 1 aromatic heterocycles. The summed E-state index contributed by atoms with van der Waals surface area (Å²) in [7, 11) is 0. The van der Waals surface area contributed by atoms with E-state index in [1.54, 1.807) is 6.21 Å². The zero-order valence-electron chi connectivity index (χ0n) is 15.9. The number of hydrogen-bond acceptors (Lipinski definition) is 5. The zero-order chi connectivity index (χ0) is 18.6. The fourth-order valence-corrected chi connectivity index (χ4v) is 2.74. The number of nitrogens with two attached hydrogens (primary N) is 1. The van der Waals surface area contributed by atoms with E-state index in [9.17, 15) is 0 Å². The fraction of sp³-hybridized carbons (Fsp3) is 0.500. The maximum atomic E-state index is 5.16. The van der Waals surface area contributed by atoms with Gasteiger partial charge in [0.15, 0.2) is 0 Å². The van der Waals surface area contributed by atoms with E-state index in [1.807, 2.05) is 24.7 Å². The molecule has 0 spiro atoms. The van der Waals surface area contributed by atoms with Gasteiger partial charge in [0, 0.05) is 25.5 Å². The second-order valence-corrected chi connectivity index (χ2v) is 6.66.